The second kappa shape index (κ2) is 3.47. The molecule has 0 atom stereocenters. The predicted octanol–water partition coefficient (Wildman–Crippen LogP) is 2.83. The first kappa shape index (κ1) is 9.86. The summed E-state index contributed by atoms with van der Waals surface area (Å²) in [4.78, 5) is 10.9. The van der Waals surface area contributed by atoms with Crippen LogP contribution in [0.25, 0.3) is 10.9 Å². The van der Waals surface area contributed by atoms with E-state index in [4.69, 9.17) is 21.4 Å². The summed E-state index contributed by atoms with van der Waals surface area (Å²) in [6.07, 6.45) is 0.398. The van der Waals surface area contributed by atoms with Gasteiger partial charge in [-0.05, 0) is 12.1 Å². The van der Waals surface area contributed by atoms with Crippen molar-refractivity contribution in [1.29, 1.82) is 0 Å². The largest absolute Gasteiger partial charge is 0.497 e. The quantitative estimate of drug-likeness (QED) is 0.812. The third kappa shape index (κ3) is 1.53. The Balaban J connectivity index is 2.77. The van der Waals surface area contributed by atoms with Crippen LogP contribution in [0.4, 0.5) is 4.79 Å². The second-order valence-electron chi connectivity index (χ2n) is 3.02. The summed E-state index contributed by atoms with van der Waals surface area (Å²) < 4.78 is 6.11. The predicted molar refractivity (Wildman–Crippen MR) is 56.9 cm³/mol. The second-order valence-corrected chi connectivity index (χ2v) is 3.42. The maximum atomic E-state index is 10.9. The molecule has 4 nitrogen and oxygen atoms in total. The molecule has 5 heteroatoms. The molecule has 0 radical (unpaired) electrons. The Hall–Kier alpha value is -1.68. The van der Waals surface area contributed by atoms with Gasteiger partial charge in [0, 0.05) is 17.6 Å². The van der Waals surface area contributed by atoms with Crippen molar-refractivity contribution in [3.8, 4) is 5.75 Å². The van der Waals surface area contributed by atoms with Crippen molar-refractivity contribution < 1.29 is 14.6 Å². The number of nitrogens with zero attached hydrogens (tertiary/aromatic N) is 1. The molecule has 0 unspecified atom stereocenters. The minimum Gasteiger partial charge on any atom is -0.497 e. The van der Waals surface area contributed by atoms with Gasteiger partial charge in [-0.25, -0.2) is 4.79 Å². The molecule has 15 heavy (non-hydrogen) atoms. The van der Waals surface area contributed by atoms with Gasteiger partial charge in [-0.15, -0.1) is 0 Å². The van der Waals surface area contributed by atoms with Gasteiger partial charge in [-0.2, -0.15) is 0 Å². The van der Waals surface area contributed by atoms with Crippen molar-refractivity contribution >= 4 is 28.6 Å². The number of benzene rings is 1. The van der Waals surface area contributed by atoms with Crippen molar-refractivity contribution in [1.82, 2.24) is 4.57 Å². The molecule has 1 aromatic heterocycles. The molecule has 1 aromatic carbocycles. The van der Waals surface area contributed by atoms with Crippen LogP contribution >= 0.6 is 11.6 Å². The number of fused-ring (bicyclic) bond motifs is 1. The zero-order valence-electron chi connectivity index (χ0n) is 7.90. The van der Waals surface area contributed by atoms with Crippen LogP contribution in [0.5, 0.6) is 5.75 Å². The number of hydrogen-bond acceptors (Lipinski definition) is 2. The Morgan fingerprint density at radius 1 is 1.53 bits per heavy atom. The minimum absolute atomic E-state index is 0.358. The van der Waals surface area contributed by atoms with Crippen LogP contribution in [0.1, 0.15) is 0 Å². The first-order chi connectivity index (χ1) is 7.13. The van der Waals surface area contributed by atoms with Crippen molar-refractivity contribution in [2.75, 3.05) is 7.11 Å². The van der Waals surface area contributed by atoms with E-state index in [2.05, 4.69) is 0 Å². The average Bonchev–Trinajstić information content (AvgIpc) is 2.61. The van der Waals surface area contributed by atoms with Crippen molar-refractivity contribution in [2.45, 2.75) is 0 Å². The van der Waals surface area contributed by atoms with E-state index in [1.165, 1.54) is 13.3 Å². The zero-order chi connectivity index (χ0) is 11.0. The highest BCUT2D eigenvalue weighted by molar-refractivity contribution is 6.35. The fraction of sp³-hybridized carbons (Fsp3) is 0.100. The topological polar surface area (TPSA) is 51.5 Å². The molecule has 0 aliphatic carbocycles. The number of ether oxygens (including phenoxy) is 1. The lowest BCUT2D eigenvalue weighted by atomic mass is 10.2. The van der Waals surface area contributed by atoms with Gasteiger partial charge in [0.25, 0.3) is 0 Å². The fourth-order valence-corrected chi connectivity index (χ4v) is 1.79. The van der Waals surface area contributed by atoms with Crippen LogP contribution in [0.3, 0.4) is 0 Å². The van der Waals surface area contributed by atoms with Gasteiger partial charge in [-0.1, -0.05) is 11.6 Å². The van der Waals surface area contributed by atoms with Crippen molar-refractivity contribution in [3.63, 3.8) is 0 Å². The van der Waals surface area contributed by atoms with Crippen LogP contribution in [0.15, 0.2) is 24.4 Å². The summed E-state index contributed by atoms with van der Waals surface area (Å²) in [5.41, 5.74) is 0.477. The summed E-state index contributed by atoms with van der Waals surface area (Å²) in [6.45, 7) is 0. The molecule has 0 aliphatic rings. The maximum absolute atomic E-state index is 10.9. The Labute approximate surface area is 90.6 Å². The normalized spacial score (nSPS) is 10.5. The van der Waals surface area contributed by atoms with Gasteiger partial charge in [0.1, 0.15) is 5.75 Å². The molecule has 1 heterocycles. The van der Waals surface area contributed by atoms with Crippen LogP contribution in [0, 0.1) is 0 Å². The lowest BCUT2D eigenvalue weighted by Gasteiger charge is -2.03. The van der Waals surface area contributed by atoms with E-state index >= 15 is 0 Å². The number of carbonyl (C=O) groups is 1. The average molecular weight is 226 g/mol. The highest BCUT2D eigenvalue weighted by Gasteiger charge is 2.11. The molecular formula is C10H8ClNO3. The summed E-state index contributed by atoms with van der Waals surface area (Å²) in [6, 6.07) is 5.00. The molecule has 0 fully saturated rings. The molecule has 1 N–H and O–H groups in total. The summed E-state index contributed by atoms with van der Waals surface area (Å²) in [7, 11) is 1.53. The molecule has 0 saturated carbocycles. The minimum atomic E-state index is -1.06. The highest BCUT2D eigenvalue weighted by atomic mass is 35.5. The van der Waals surface area contributed by atoms with E-state index in [0.29, 0.717) is 16.3 Å². The van der Waals surface area contributed by atoms with Gasteiger partial charge in [0.15, 0.2) is 0 Å². The molecule has 0 bridgehead atoms. The van der Waals surface area contributed by atoms with E-state index in [9.17, 15) is 4.79 Å². The van der Waals surface area contributed by atoms with Crippen LogP contribution < -0.4 is 4.74 Å². The first-order valence-corrected chi connectivity index (χ1v) is 4.59. The molecule has 0 amide bonds. The molecule has 0 saturated heterocycles. The lowest BCUT2D eigenvalue weighted by Crippen LogP contribution is -2.05. The number of rotatable bonds is 1. The van der Waals surface area contributed by atoms with E-state index in [0.717, 1.165) is 9.95 Å². The van der Waals surface area contributed by atoms with Gasteiger partial charge < -0.3 is 9.84 Å². The van der Waals surface area contributed by atoms with Gasteiger partial charge in [0.2, 0.25) is 0 Å². The van der Waals surface area contributed by atoms with E-state index in [1.807, 2.05) is 0 Å². The fourth-order valence-electron chi connectivity index (χ4n) is 1.48. The van der Waals surface area contributed by atoms with E-state index in [-0.39, 0.29) is 0 Å². The number of carboxylic acid groups (broad SMARTS) is 1. The van der Waals surface area contributed by atoms with Crippen molar-refractivity contribution in [2.24, 2.45) is 0 Å². The highest BCUT2D eigenvalue weighted by Crippen LogP contribution is 2.29. The van der Waals surface area contributed by atoms with Gasteiger partial charge in [-0.3, -0.25) is 4.57 Å². The maximum Gasteiger partial charge on any atom is 0.416 e. The zero-order valence-corrected chi connectivity index (χ0v) is 8.65. The van der Waals surface area contributed by atoms with E-state index < -0.39 is 6.09 Å². The molecule has 78 valence electrons. The SMILES string of the molecule is COc1cc(Cl)c2c(ccn2C(=O)O)c1. The molecule has 0 spiro atoms. The van der Waals surface area contributed by atoms with Gasteiger partial charge in [0.05, 0.1) is 17.6 Å². The summed E-state index contributed by atoms with van der Waals surface area (Å²) >= 11 is 5.97. The first-order valence-electron chi connectivity index (χ1n) is 4.21. The molecule has 2 aromatic rings. The molecular weight excluding hydrogens is 218 g/mol. The number of methoxy groups -OCH3 is 1. The Morgan fingerprint density at radius 2 is 2.27 bits per heavy atom. The van der Waals surface area contributed by atoms with Crippen molar-refractivity contribution in [3.05, 3.63) is 29.4 Å². The standard InChI is InChI=1S/C10H8ClNO3/c1-15-7-4-6-2-3-12(10(13)14)9(6)8(11)5-7/h2-5H,1H3,(H,13,14). The van der Waals surface area contributed by atoms with Crippen LogP contribution in [0.2, 0.25) is 5.02 Å². The van der Waals surface area contributed by atoms with Crippen LogP contribution in [-0.4, -0.2) is 22.9 Å². The van der Waals surface area contributed by atoms with E-state index in [1.54, 1.807) is 18.2 Å². The number of aromatic nitrogens is 1. The Morgan fingerprint density at radius 3 is 2.87 bits per heavy atom. The lowest BCUT2D eigenvalue weighted by molar-refractivity contribution is 0.197. The number of halogens is 1. The monoisotopic (exact) mass is 225 g/mol. The Kier molecular flexibility index (Phi) is 2.28. The molecule has 2 rings (SSSR count). The molecule has 0 aliphatic heterocycles. The smallest absolute Gasteiger partial charge is 0.416 e. The number of hydrogen-bond donors (Lipinski definition) is 1. The third-order valence-corrected chi connectivity index (χ3v) is 2.44. The summed E-state index contributed by atoms with van der Waals surface area (Å²) in [5.74, 6) is 0.607. The Bertz CT molecular complexity index is 533. The summed E-state index contributed by atoms with van der Waals surface area (Å²) in [5, 5.41) is 9.99. The third-order valence-electron chi connectivity index (χ3n) is 2.15. The van der Waals surface area contributed by atoms with Gasteiger partial charge >= 0.3 is 6.09 Å². The van der Waals surface area contributed by atoms with Crippen LogP contribution in [-0.2, 0) is 0 Å².